The normalized spacial score (nSPS) is 10.7. The summed E-state index contributed by atoms with van der Waals surface area (Å²) in [6.45, 7) is 2.17. The molecule has 0 spiro atoms. The van der Waals surface area contributed by atoms with E-state index in [4.69, 9.17) is 0 Å². The molecule has 2 aromatic carbocycles. The molecule has 0 saturated heterocycles. The Balaban J connectivity index is 2.01. The minimum atomic E-state index is -0.0958. The zero-order valence-corrected chi connectivity index (χ0v) is 13.3. The third kappa shape index (κ3) is 3.39. The molecule has 0 aliphatic carbocycles. The first-order chi connectivity index (χ1) is 11.3. The molecule has 1 heterocycles. The number of nitrogens with zero attached hydrogens (tertiary/aromatic N) is 1. The first-order valence-electron chi connectivity index (χ1n) is 8.02. The van der Waals surface area contributed by atoms with E-state index >= 15 is 0 Å². The number of anilines is 1. The van der Waals surface area contributed by atoms with Gasteiger partial charge in [0, 0.05) is 17.1 Å². The molecule has 116 valence electrons. The van der Waals surface area contributed by atoms with E-state index in [0.29, 0.717) is 5.56 Å². The number of aromatic nitrogens is 1. The second-order valence-corrected chi connectivity index (χ2v) is 5.60. The Morgan fingerprint density at radius 2 is 1.87 bits per heavy atom. The number of pyridine rings is 1. The number of fused-ring (bicyclic) bond motifs is 1. The van der Waals surface area contributed by atoms with Crippen molar-refractivity contribution in [2.75, 3.05) is 5.32 Å². The molecule has 3 rings (SSSR count). The van der Waals surface area contributed by atoms with E-state index < -0.39 is 0 Å². The Kier molecular flexibility index (Phi) is 4.67. The lowest BCUT2D eigenvalue weighted by Gasteiger charge is -2.13. The predicted molar refractivity (Wildman–Crippen MR) is 94.8 cm³/mol. The fraction of sp³-hybridized carbons (Fsp3) is 0.200. The molecule has 0 saturated carbocycles. The highest BCUT2D eigenvalue weighted by Gasteiger charge is 2.13. The minimum Gasteiger partial charge on any atom is -0.320 e. The molecule has 3 aromatic rings. The van der Waals surface area contributed by atoms with Gasteiger partial charge in [0.15, 0.2) is 0 Å². The van der Waals surface area contributed by atoms with Gasteiger partial charge in [0.05, 0.1) is 11.2 Å². The largest absolute Gasteiger partial charge is 0.320 e. The predicted octanol–water partition coefficient (Wildman–Crippen LogP) is 4.83. The zero-order valence-electron chi connectivity index (χ0n) is 13.3. The molecule has 0 aliphatic heterocycles. The van der Waals surface area contributed by atoms with E-state index in [2.05, 4.69) is 29.4 Å². The maximum atomic E-state index is 12.5. The fourth-order valence-electron chi connectivity index (χ4n) is 2.68. The molecule has 3 heteroatoms. The van der Waals surface area contributed by atoms with Crippen LogP contribution in [0.15, 0.2) is 60.8 Å². The lowest BCUT2D eigenvalue weighted by Crippen LogP contribution is -2.14. The molecule has 0 aliphatic rings. The number of amides is 1. The van der Waals surface area contributed by atoms with Gasteiger partial charge in [-0.1, -0.05) is 49.7 Å². The van der Waals surface area contributed by atoms with E-state index in [1.165, 1.54) is 0 Å². The molecule has 0 atom stereocenters. The third-order valence-corrected chi connectivity index (χ3v) is 3.94. The highest BCUT2D eigenvalue weighted by atomic mass is 16.1. The average molecular weight is 304 g/mol. The third-order valence-electron chi connectivity index (χ3n) is 3.94. The molecule has 0 radical (unpaired) electrons. The molecule has 1 N–H and O–H groups in total. The van der Waals surface area contributed by atoms with Crippen LogP contribution in [0, 0.1) is 0 Å². The lowest BCUT2D eigenvalue weighted by atomic mass is 10.0. The van der Waals surface area contributed by atoms with Crippen LogP contribution in [-0.4, -0.2) is 10.9 Å². The molecule has 0 fully saturated rings. The zero-order chi connectivity index (χ0) is 16.1. The van der Waals surface area contributed by atoms with E-state index in [0.717, 1.165) is 41.4 Å². The number of hydrogen-bond acceptors (Lipinski definition) is 2. The van der Waals surface area contributed by atoms with Crippen LogP contribution in [0.3, 0.4) is 0 Å². The van der Waals surface area contributed by atoms with Crippen molar-refractivity contribution in [2.45, 2.75) is 26.2 Å². The van der Waals surface area contributed by atoms with Gasteiger partial charge in [-0.25, -0.2) is 0 Å². The second kappa shape index (κ2) is 7.05. The van der Waals surface area contributed by atoms with Crippen LogP contribution in [0.5, 0.6) is 0 Å². The Morgan fingerprint density at radius 3 is 2.65 bits per heavy atom. The maximum Gasteiger partial charge on any atom is 0.255 e. The van der Waals surface area contributed by atoms with Crippen molar-refractivity contribution in [2.24, 2.45) is 0 Å². The molecule has 3 nitrogen and oxygen atoms in total. The summed E-state index contributed by atoms with van der Waals surface area (Å²) in [6.07, 6.45) is 4.91. The van der Waals surface area contributed by atoms with E-state index in [-0.39, 0.29) is 5.91 Å². The number of carbonyl (C=O) groups is 1. The summed E-state index contributed by atoms with van der Waals surface area (Å²) in [4.78, 5) is 17.0. The molecule has 1 aromatic heterocycles. The van der Waals surface area contributed by atoms with Gasteiger partial charge >= 0.3 is 0 Å². The first kappa shape index (κ1) is 15.2. The summed E-state index contributed by atoms with van der Waals surface area (Å²) in [5.74, 6) is -0.0958. The van der Waals surface area contributed by atoms with Crippen molar-refractivity contribution in [1.82, 2.24) is 4.98 Å². The van der Waals surface area contributed by atoms with Gasteiger partial charge in [-0.2, -0.15) is 0 Å². The molecule has 23 heavy (non-hydrogen) atoms. The number of hydrogen-bond donors (Lipinski definition) is 1. The average Bonchev–Trinajstić information content (AvgIpc) is 2.61. The van der Waals surface area contributed by atoms with E-state index in [9.17, 15) is 4.79 Å². The van der Waals surface area contributed by atoms with Crippen molar-refractivity contribution < 1.29 is 4.79 Å². The van der Waals surface area contributed by atoms with Crippen molar-refractivity contribution >= 4 is 22.5 Å². The number of nitrogens with one attached hydrogen (secondary N) is 1. The highest BCUT2D eigenvalue weighted by molar-refractivity contribution is 6.09. The van der Waals surface area contributed by atoms with Crippen LogP contribution in [0.4, 0.5) is 5.69 Å². The van der Waals surface area contributed by atoms with Gasteiger partial charge in [-0.3, -0.25) is 9.78 Å². The van der Waals surface area contributed by atoms with Crippen LogP contribution in [0.1, 0.15) is 35.7 Å². The van der Waals surface area contributed by atoms with Gasteiger partial charge in [0.1, 0.15) is 0 Å². The Bertz CT molecular complexity index is 812. The summed E-state index contributed by atoms with van der Waals surface area (Å²) in [5, 5.41) is 4.12. The standard InChI is InChI=1S/C20H20N2O/c1-2-3-8-16-13-12-15-11-7-14-21-18(15)19(16)22-20(23)17-9-5-4-6-10-17/h4-7,9-14H,2-3,8H2,1H3,(H,22,23). The summed E-state index contributed by atoms with van der Waals surface area (Å²) in [5.41, 5.74) is 3.49. The van der Waals surface area contributed by atoms with Gasteiger partial charge in [0.2, 0.25) is 0 Å². The summed E-state index contributed by atoms with van der Waals surface area (Å²) < 4.78 is 0. The molecular weight excluding hydrogens is 284 g/mol. The van der Waals surface area contributed by atoms with Crippen molar-refractivity contribution in [3.63, 3.8) is 0 Å². The summed E-state index contributed by atoms with van der Waals surface area (Å²) in [7, 11) is 0. The summed E-state index contributed by atoms with van der Waals surface area (Å²) in [6, 6.07) is 17.4. The SMILES string of the molecule is CCCCc1ccc2cccnc2c1NC(=O)c1ccccc1. The number of carbonyl (C=O) groups excluding carboxylic acids is 1. The Hall–Kier alpha value is -2.68. The molecule has 0 unspecified atom stereocenters. The monoisotopic (exact) mass is 304 g/mol. The number of rotatable bonds is 5. The Labute approximate surface area is 136 Å². The van der Waals surface area contributed by atoms with Crippen LogP contribution < -0.4 is 5.32 Å². The smallest absolute Gasteiger partial charge is 0.255 e. The topological polar surface area (TPSA) is 42.0 Å². The van der Waals surface area contributed by atoms with Crippen LogP contribution >= 0.6 is 0 Å². The number of aryl methyl sites for hydroxylation is 1. The van der Waals surface area contributed by atoms with Crippen molar-refractivity contribution in [1.29, 1.82) is 0 Å². The van der Waals surface area contributed by atoms with E-state index in [1.54, 1.807) is 6.20 Å². The lowest BCUT2D eigenvalue weighted by molar-refractivity contribution is 0.102. The maximum absolute atomic E-state index is 12.5. The molecule has 0 bridgehead atoms. The van der Waals surface area contributed by atoms with Crippen molar-refractivity contribution in [3.8, 4) is 0 Å². The molecular formula is C20H20N2O. The number of benzene rings is 2. The number of unbranched alkanes of at least 4 members (excludes halogenated alkanes) is 1. The van der Waals surface area contributed by atoms with Crippen LogP contribution in [-0.2, 0) is 6.42 Å². The van der Waals surface area contributed by atoms with Crippen molar-refractivity contribution in [3.05, 3.63) is 71.9 Å². The van der Waals surface area contributed by atoms with Gasteiger partial charge in [-0.05, 0) is 36.6 Å². The highest BCUT2D eigenvalue weighted by Crippen LogP contribution is 2.27. The van der Waals surface area contributed by atoms with Gasteiger partial charge in [0.25, 0.3) is 5.91 Å². The van der Waals surface area contributed by atoms with Gasteiger partial charge < -0.3 is 5.32 Å². The summed E-state index contributed by atoms with van der Waals surface area (Å²) >= 11 is 0. The Morgan fingerprint density at radius 1 is 1.04 bits per heavy atom. The molecule has 1 amide bonds. The fourth-order valence-corrected chi connectivity index (χ4v) is 2.68. The second-order valence-electron chi connectivity index (χ2n) is 5.60. The van der Waals surface area contributed by atoms with Crippen LogP contribution in [0.2, 0.25) is 0 Å². The minimum absolute atomic E-state index is 0.0958. The van der Waals surface area contributed by atoms with Crippen LogP contribution in [0.25, 0.3) is 10.9 Å². The van der Waals surface area contributed by atoms with E-state index in [1.807, 2.05) is 42.5 Å². The quantitative estimate of drug-likeness (QED) is 0.733. The van der Waals surface area contributed by atoms with Gasteiger partial charge in [-0.15, -0.1) is 0 Å². The first-order valence-corrected chi connectivity index (χ1v) is 8.02.